The number of hydrogen-bond acceptors (Lipinski definition) is 7. The van der Waals surface area contributed by atoms with Crippen molar-refractivity contribution < 1.29 is 28.6 Å². The first kappa shape index (κ1) is 19.5. The smallest absolute Gasteiger partial charge is 0.348 e. The van der Waals surface area contributed by atoms with Gasteiger partial charge in [0.1, 0.15) is 15.6 Å². The van der Waals surface area contributed by atoms with Crippen molar-refractivity contribution in [2.24, 2.45) is 0 Å². The van der Waals surface area contributed by atoms with Crippen molar-refractivity contribution in [3.8, 4) is 5.75 Å². The highest BCUT2D eigenvalue weighted by molar-refractivity contribution is 7.18. The van der Waals surface area contributed by atoms with Gasteiger partial charge < -0.3 is 19.5 Å². The highest BCUT2D eigenvalue weighted by Crippen LogP contribution is 2.34. The van der Waals surface area contributed by atoms with E-state index in [0.29, 0.717) is 11.3 Å². The van der Waals surface area contributed by atoms with E-state index in [1.807, 2.05) is 19.1 Å². The summed E-state index contributed by atoms with van der Waals surface area (Å²) >= 11 is 0.953. The Morgan fingerprint density at radius 2 is 1.69 bits per heavy atom. The van der Waals surface area contributed by atoms with Gasteiger partial charge in [-0.2, -0.15) is 0 Å². The summed E-state index contributed by atoms with van der Waals surface area (Å²) in [5.74, 6) is -1.11. The molecule has 2 rings (SSSR count). The van der Waals surface area contributed by atoms with Crippen LogP contribution in [0.4, 0.5) is 5.00 Å². The van der Waals surface area contributed by atoms with Crippen molar-refractivity contribution >= 4 is 34.2 Å². The number of nitrogens with one attached hydrogen (secondary N) is 1. The van der Waals surface area contributed by atoms with Gasteiger partial charge in [0.25, 0.3) is 5.91 Å². The Morgan fingerprint density at radius 1 is 1.04 bits per heavy atom. The van der Waals surface area contributed by atoms with E-state index in [-0.39, 0.29) is 22.0 Å². The minimum Gasteiger partial charge on any atom is -0.483 e. The number of rotatable bonds is 6. The maximum absolute atomic E-state index is 12.2. The minimum atomic E-state index is -0.649. The molecule has 7 nitrogen and oxygen atoms in total. The third-order valence-corrected chi connectivity index (χ3v) is 4.80. The fraction of sp³-hybridized carbons (Fsp3) is 0.278. The van der Waals surface area contributed by atoms with Crippen molar-refractivity contribution in [3.05, 3.63) is 45.8 Å². The van der Waals surface area contributed by atoms with Crippen LogP contribution in [0.3, 0.4) is 0 Å². The van der Waals surface area contributed by atoms with Gasteiger partial charge in [0.2, 0.25) is 0 Å². The van der Waals surface area contributed by atoms with Gasteiger partial charge in [-0.05, 0) is 31.0 Å². The van der Waals surface area contributed by atoms with Crippen LogP contribution in [-0.4, -0.2) is 38.7 Å². The van der Waals surface area contributed by atoms with Crippen LogP contribution in [0, 0.1) is 13.8 Å². The molecule has 0 saturated heterocycles. The van der Waals surface area contributed by atoms with Crippen LogP contribution in [0.2, 0.25) is 0 Å². The molecule has 0 atom stereocenters. The van der Waals surface area contributed by atoms with E-state index in [1.165, 1.54) is 14.2 Å². The molecule has 0 aliphatic heterocycles. The van der Waals surface area contributed by atoms with Gasteiger partial charge in [0.15, 0.2) is 6.61 Å². The summed E-state index contributed by atoms with van der Waals surface area (Å²) in [6.45, 7) is 3.22. The number of anilines is 1. The van der Waals surface area contributed by atoms with Gasteiger partial charge in [0, 0.05) is 0 Å². The van der Waals surface area contributed by atoms with E-state index >= 15 is 0 Å². The molecule has 1 heterocycles. The van der Waals surface area contributed by atoms with E-state index in [0.717, 1.165) is 16.9 Å². The minimum absolute atomic E-state index is 0.127. The highest BCUT2D eigenvalue weighted by Gasteiger charge is 2.26. The molecule has 0 radical (unpaired) electrons. The zero-order chi connectivity index (χ0) is 19.3. The molecule has 1 aromatic carbocycles. The number of para-hydroxylation sites is 1. The molecule has 1 aromatic heterocycles. The second kappa shape index (κ2) is 8.48. The van der Waals surface area contributed by atoms with Crippen molar-refractivity contribution in [1.82, 2.24) is 0 Å². The lowest BCUT2D eigenvalue weighted by atomic mass is 10.1. The zero-order valence-electron chi connectivity index (χ0n) is 14.9. The number of aryl methyl sites for hydroxylation is 1. The first-order valence-corrected chi connectivity index (χ1v) is 8.49. The van der Waals surface area contributed by atoms with Crippen molar-refractivity contribution in [2.75, 3.05) is 26.1 Å². The number of amides is 1. The molecule has 138 valence electrons. The monoisotopic (exact) mass is 377 g/mol. The molecule has 26 heavy (non-hydrogen) atoms. The molecule has 0 saturated carbocycles. The molecule has 2 aromatic rings. The van der Waals surface area contributed by atoms with Gasteiger partial charge in [0.05, 0.1) is 19.8 Å². The van der Waals surface area contributed by atoms with Crippen LogP contribution < -0.4 is 10.1 Å². The first-order chi connectivity index (χ1) is 12.4. The first-order valence-electron chi connectivity index (χ1n) is 7.67. The number of ether oxygens (including phenoxy) is 3. The van der Waals surface area contributed by atoms with Crippen molar-refractivity contribution in [1.29, 1.82) is 0 Å². The molecule has 8 heteroatoms. The SMILES string of the molecule is COC(=O)c1sc(NC(=O)COc2ccccc2C)c(C(=O)OC)c1C. The summed E-state index contributed by atoms with van der Waals surface area (Å²) in [6.07, 6.45) is 0. The maximum Gasteiger partial charge on any atom is 0.348 e. The van der Waals surface area contributed by atoms with E-state index in [4.69, 9.17) is 14.2 Å². The maximum atomic E-state index is 12.2. The molecular formula is C18H19NO6S. The summed E-state index contributed by atoms with van der Waals surface area (Å²) < 4.78 is 14.9. The van der Waals surface area contributed by atoms with Crippen LogP contribution >= 0.6 is 11.3 Å². The molecular weight excluding hydrogens is 358 g/mol. The predicted molar refractivity (Wildman–Crippen MR) is 97.0 cm³/mol. The quantitative estimate of drug-likeness (QED) is 0.779. The topological polar surface area (TPSA) is 90.9 Å². The largest absolute Gasteiger partial charge is 0.483 e. The summed E-state index contributed by atoms with van der Waals surface area (Å²) in [5, 5.41) is 2.82. The number of benzene rings is 1. The second-order valence-corrected chi connectivity index (χ2v) is 6.37. The highest BCUT2D eigenvalue weighted by atomic mass is 32.1. The summed E-state index contributed by atoms with van der Waals surface area (Å²) in [4.78, 5) is 36.3. The Bertz CT molecular complexity index is 842. The van der Waals surface area contributed by atoms with Crippen molar-refractivity contribution in [3.63, 3.8) is 0 Å². The lowest BCUT2D eigenvalue weighted by Gasteiger charge is -2.09. The van der Waals surface area contributed by atoms with E-state index < -0.39 is 17.8 Å². The van der Waals surface area contributed by atoms with Gasteiger partial charge >= 0.3 is 11.9 Å². The Kier molecular flexibility index (Phi) is 6.35. The molecule has 1 amide bonds. The fourth-order valence-electron chi connectivity index (χ4n) is 2.26. The summed E-state index contributed by atoms with van der Waals surface area (Å²) in [7, 11) is 2.47. The Labute approximate surface area is 154 Å². The Balaban J connectivity index is 2.19. The van der Waals surface area contributed by atoms with Gasteiger partial charge in [-0.15, -0.1) is 11.3 Å². The number of thiophene rings is 1. The Morgan fingerprint density at radius 3 is 2.31 bits per heavy atom. The molecule has 1 N–H and O–H groups in total. The lowest BCUT2D eigenvalue weighted by molar-refractivity contribution is -0.118. The van der Waals surface area contributed by atoms with Gasteiger partial charge in [-0.3, -0.25) is 4.79 Å². The summed E-state index contributed by atoms with van der Waals surface area (Å²) in [5.41, 5.74) is 1.42. The van der Waals surface area contributed by atoms with Crippen LogP contribution in [0.25, 0.3) is 0 Å². The normalized spacial score (nSPS) is 10.2. The molecule has 0 fully saturated rings. The van der Waals surface area contributed by atoms with Crippen molar-refractivity contribution in [2.45, 2.75) is 13.8 Å². The fourth-order valence-corrected chi connectivity index (χ4v) is 3.39. The second-order valence-electron chi connectivity index (χ2n) is 5.35. The lowest BCUT2D eigenvalue weighted by Crippen LogP contribution is -2.21. The predicted octanol–water partition coefficient (Wildman–Crippen LogP) is 2.96. The molecule has 0 aliphatic rings. The number of esters is 2. The standard InChI is InChI=1S/C18H19NO6S/c1-10-7-5-6-8-12(10)25-9-13(20)19-16-14(17(21)23-3)11(2)15(26-16)18(22)24-4/h5-8H,9H2,1-4H3,(H,19,20). The van der Waals surface area contributed by atoms with Crippen LogP contribution in [0.1, 0.15) is 31.2 Å². The average molecular weight is 377 g/mol. The third-order valence-electron chi connectivity index (χ3n) is 3.61. The number of hydrogen-bond donors (Lipinski definition) is 1. The van der Waals surface area contributed by atoms with E-state index in [2.05, 4.69) is 5.32 Å². The zero-order valence-corrected chi connectivity index (χ0v) is 15.7. The third kappa shape index (κ3) is 4.20. The van der Waals surface area contributed by atoms with Gasteiger partial charge in [-0.25, -0.2) is 9.59 Å². The molecule has 0 unspecified atom stereocenters. The molecule has 0 aliphatic carbocycles. The molecule has 0 bridgehead atoms. The Hall–Kier alpha value is -2.87. The van der Waals surface area contributed by atoms with Crippen LogP contribution in [0.5, 0.6) is 5.75 Å². The molecule has 0 spiro atoms. The summed E-state index contributed by atoms with van der Waals surface area (Å²) in [6, 6.07) is 7.30. The van der Waals surface area contributed by atoms with E-state index in [1.54, 1.807) is 19.1 Å². The average Bonchev–Trinajstić information content (AvgIpc) is 2.95. The number of carbonyl (C=O) groups excluding carboxylic acids is 3. The van der Waals surface area contributed by atoms with Gasteiger partial charge in [-0.1, -0.05) is 18.2 Å². The van der Waals surface area contributed by atoms with Crippen LogP contribution in [-0.2, 0) is 14.3 Å². The number of methoxy groups -OCH3 is 2. The number of carbonyl (C=O) groups is 3. The van der Waals surface area contributed by atoms with Crippen LogP contribution in [0.15, 0.2) is 24.3 Å². The van der Waals surface area contributed by atoms with E-state index in [9.17, 15) is 14.4 Å².